The number of nitro groups is 1. The van der Waals surface area contributed by atoms with Gasteiger partial charge in [0.05, 0.1) is 18.1 Å². The minimum atomic E-state index is -3.82. The van der Waals surface area contributed by atoms with Gasteiger partial charge in [0.2, 0.25) is 10.0 Å². The number of hydrogen-bond donors (Lipinski definition) is 1. The molecule has 0 aliphatic carbocycles. The Kier molecular flexibility index (Phi) is 5.62. The molecule has 0 fully saturated rings. The molecule has 1 aliphatic heterocycles. The molecule has 3 rings (SSSR count). The highest BCUT2D eigenvalue weighted by Crippen LogP contribution is 2.29. The van der Waals surface area contributed by atoms with E-state index >= 15 is 0 Å². The van der Waals surface area contributed by atoms with E-state index in [9.17, 15) is 18.5 Å². The zero-order chi connectivity index (χ0) is 19.4. The van der Waals surface area contributed by atoms with Crippen LogP contribution < -0.4 is 14.4 Å². The first-order valence-corrected chi connectivity index (χ1v) is 10.1. The van der Waals surface area contributed by atoms with Gasteiger partial charge in [-0.3, -0.25) is 10.1 Å². The number of nitro benzene ring substituents is 1. The zero-order valence-electron chi connectivity index (χ0n) is 14.9. The van der Waals surface area contributed by atoms with Gasteiger partial charge in [-0.1, -0.05) is 18.2 Å². The fourth-order valence-corrected chi connectivity index (χ4v) is 4.41. The molecule has 2 aromatic rings. The molecule has 27 heavy (non-hydrogen) atoms. The summed E-state index contributed by atoms with van der Waals surface area (Å²) in [6, 6.07) is 11.7. The Morgan fingerprint density at radius 1 is 1.26 bits per heavy atom. The van der Waals surface area contributed by atoms with Crippen LogP contribution >= 0.6 is 0 Å². The van der Waals surface area contributed by atoms with Crippen LogP contribution in [0, 0.1) is 10.1 Å². The lowest BCUT2D eigenvalue weighted by Crippen LogP contribution is -2.29. The van der Waals surface area contributed by atoms with Crippen LogP contribution in [0.25, 0.3) is 0 Å². The summed E-state index contributed by atoms with van der Waals surface area (Å²) in [6.07, 6.45) is 1.64. The standard InChI is InChI=1S/C18H21N3O5S/c1-26-17-13-15(21(22)23)7-8-18(17)27(24,25)19-10-4-11-20-12-9-14-5-2-3-6-16(14)20/h2-3,5-8,13,19H,4,9-12H2,1H3. The van der Waals surface area contributed by atoms with Crippen LogP contribution in [-0.4, -0.2) is 40.1 Å². The topological polar surface area (TPSA) is 102 Å². The number of sulfonamides is 1. The maximum atomic E-state index is 12.5. The van der Waals surface area contributed by atoms with Crippen molar-refractivity contribution in [3.8, 4) is 5.75 Å². The minimum Gasteiger partial charge on any atom is -0.495 e. The molecule has 8 nitrogen and oxygen atoms in total. The monoisotopic (exact) mass is 391 g/mol. The molecule has 9 heteroatoms. The van der Waals surface area contributed by atoms with E-state index in [-0.39, 0.29) is 22.9 Å². The second-order valence-corrected chi connectivity index (χ2v) is 7.94. The minimum absolute atomic E-state index is 0.0508. The summed E-state index contributed by atoms with van der Waals surface area (Å²) in [4.78, 5) is 12.4. The van der Waals surface area contributed by atoms with Gasteiger partial charge in [0.15, 0.2) is 0 Å². The highest BCUT2D eigenvalue weighted by atomic mass is 32.2. The van der Waals surface area contributed by atoms with Crippen LogP contribution in [0.1, 0.15) is 12.0 Å². The molecule has 1 aliphatic rings. The molecule has 0 atom stereocenters. The molecule has 1 N–H and O–H groups in total. The number of non-ortho nitro benzene ring substituents is 1. The highest BCUT2D eigenvalue weighted by molar-refractivity contribution is 7.89. The summed E-state index contributed by atoms with van der Waals surface area (Å²) in [6.45, 7) is 1.94. The number of ether oxygens (including phenoxy) is 1. The van der Waals surface area contributed by atoms with Crippen molar-refractivity contribution in [2.24, 2.45) is 0 Å². The Morgan fingerprint density at radius 2 is 2.04 bits per heavy atom. The normalized spacial score (nSPS) is 13.4. The average Bonchev–Trinajstić information content (AvgIpc) is 3.08. The van der Waals surface area contributed by atoms with E-state index in [1.54, 1.807) is 0 Å². The molecule has 0 saturated heterocycles. The zero-order valence-corrected chi connectivity index (χ0v) is 15.7. The van der Waals surface area contributed by atoms with Gasteiger partial charge >= 0.3 is 0 Å². The van der Waals surface area contributed by atoms with Crippen molar-refractivity contribution >= 4 is 21.4 Å². The number of para-hydroxylation sites is 1. The summed E-state index contributed by atoms with van der Waals surface area (Å²) in [5.74, 6) is -0.0508. The smallest absolute Gasteiger partial charge is 0.273 e. The van der Waals surface area contributed by atoms with Gasteiger partial charge in [0.1, 0.15) is 10.6 Å². The van der Waals surface area contributed by atoms with Crippen LogP contribution in [0.5, 0.6) is 5.75 Å². The fourth-order valence-electron chi connectivity index (χ4n) is 3.18. The molecular formula is C18H21N3O5S. The second kappa shape index (κ2) is 7.93. The van der Waals surface area contributed by atoms with Crippen molar-refractivity contribution in [2.45, 2.75) is 17.7 Å². The van der Waals surface area contributed by atoms with E-state index < -0.39 is 14.9 Å². The van der Waals surface area contributed by atoms with Crippen molar-refractivity contribution in [2.75, 3.05) is 31.6 Å². The van der Waals surface area contributed by atoms with Crippen LogP contribution in [0.15, 0.2) is 47.4 Å². The SMILES string of the molecule is COc1cc([N+](=O)[O-])ccc1S(=O)(=O)NCCCN1CCc2ccccc21. The molecule has 0 amide bonds. The van der Waals surface area contributed by atoms with Gasteiger partial charge in [-0.2, -0.15) is 0 Å². The maximum absolute atomic E-state index is 12.5. The van der Waals surface area contributed by atoms with Crippen molar-refractivity contribution in [3.63, 3.8) is 0 Å². The number of hydrogen-bond acceptors (Lipinski definition) is 6. The molecule has 0 saturated carbocycles. The molecule has 0 radical (unpaired) electrons. The summed E-state index contributed by atoms with van der Waals surface area (Å²) in [5.41, 5.74) is 2.30. The first kappa shape index (κ1) is 19.1. The van der Waals surface area contributed by atoms with Crippen molar-refractivity contribution in [1.82, 2.24) is 4.72 Å². The number of methoxy groups -OCH3 is 1. The van der Waals surface area contributed by atoms with Gasteiger partial charge in [-0.05, 0) is 30.5 Å². The molecule has 1 heterocycles. The van der Waals surface area contributed by atoms with Gasteiger partial charge in [0.25, 0.3) is 5.69 Å². The van der Waals surface area contributed by atoms with E-state index in [1.807, 2.05) is 12.1 Å². The first-order chi connectivity index (χ1) is 12.9. The fraction of sp³-hybridized carbons (Fsp3) is 0.333. The lowest BCUT2D eigenvalue weighted by Gasteiger charge is -2.19. The Hall–Kier alpha value is -2.65. The van der Waals surface area contributed by atoms with E-state index in [0.29, 0.717) is 6.42 Å². The molecule has 0 unspecified atom stereocenters. The Balaban J connectivity index is 1.60. The largest absolute Gasteiger partial charge is 0.495 e. The third-order valence-corrected chi connectivity index (χ3v) is 6.03. The van der Waals surface area contributed by atoms with Gasteiger partial charge in [0, 0.05) is 31.4 Å². The summed E-state index contributed by atoms with van der Waals surface area (Å²) >= 11 is 0. The number of rotatable bonds is 8. The van der Waals surface area contributed by atoms with Gasteiger partial charge in [-0.15, -0.1) is 0 Å². The van der Waals surface area contributed by atoms with E-state index in [0.717, 1.165) is 31.6 Å². The summed E-state index contributed by atoms with van der Waals surface area (Å²) in [5, 5.41) is 10.8. The highest BCUT2D eigenvalue weighted by Gasteiger charge is 2.22. The van der Waals surface area contributed by atoms with E-state index in [1.165, 1.54) is 24.4 Å². The van der Waals surface area contributed by atoms with Crippen LogP contribution in [0.4, 0.5) is 11.4 Å². The molecule has 0 spiro atoms. The molecule has 0 aromatic heterocycles. The van der Waals surface area contributed by atoms with E-state index in [2.05, 4.69) is 21.8 Å². The Labute approximate surface area is 158 Å². The predicted molar refractivity (Wildman–Crippen MR) is 102 cm³/mol. The van der Waals surface area contributed by atoms with E-state index in [4.69, 9.17) is 4.74 Å². The van der Waals surface area contributed by atoms with Crippen LogP contribution in [0.3, 0.4) is 0 Å². The average molecular weight is 391 g/mol. The van der Waals surface area contributed by atoms with Gasteiger partial charge in [-0.25, -0.2) is 13.1 Å². The first-order valence-electron chi connectivity index (χ1n) is 8.57. The third-order valence-electron chi connectivity index (χ3n) is 4.53. The van der Waals surface area contributed by atoms with Crippen molar-refractivity contribution in [1.29, 1.82) is 0 Å². The molecule has 0 bridgehead atoms. The van der Waals surface area contributed by atoms with Crippen molar-refractivity contribution in [3.05, 3.63) is 58.1 Å². The Bertz CT molecular complexity index is 946. The number of nitrogens with zero attached hydrogens (tertiary/aromatic N) is 2. The summed E-state index contributed by atoms with van der Waals surface area (Å²) < 4.78 is 32.6. The molecule has 2 aromatic carbocycles. The van der Waals surface area contributed by atoms with Crippen LogP contribution in [0.2, 0.25) is 0 Å². The number of benzene rings is 2. The number of anilines is 1. The predicted octanol–water partition coefficient (Wildman–Crippen LogP) is 2.33. The molecule has 144 valence electrons. The third kappa shape index (κ3) is 4.20. The lowest BCUT2D eigenvalue weighted by atomic mass is 10.2. The summed E-state index contributed by atoms with van der Waals surface area (Å²) in [7, 11) is -2.54. The molecular weight excluding hydrogens is 370 g/mol. The quantitative estimate of drug-likeness (QED) is 0.421. The maximum Gasteiger partial charge on any atom is 0.273 e. The Morgan fingerprint density at radius 3 is 2.78 bits per heavy atom. The lowest BCUT2D eigenvalue weighted by molar-refractivity contribution is -0.385. The second-order valence-electron chi connectivity index (χ2n) is 6.21. The van der Waals surface area contributed by atoms with Crippen molar-refractivity contribution < 1.29 is 18.1 Å². The number of nitrogens with one attached hydrogen (secondary N) is 1. The van der Waals surface area contributed by atoms with Gasteiger partial charge < -0.3 is 9.64 Å². The number of fused-ring (bicyclic) bond motifs is 1. The van der Waals surface area contributed by atoms with Crippen LogP contribution in [-0.2, 0) is 16.4 Å².